The maximum Gasteiger partial charge on any atom is 0.229 e. The van der Waals surface area contributed by atoms with Gasteiger partial charge in [0, 0.05) is 87.4 Å². The quantitative estimate of drug-likeness (QED) is 0.0268. The second-order valence-electron chi connectivity index (χ2n) is 19.8. The molecular formula is C58H83BrN14O4. The molecule has 77 heavy (non-hydrogen) atoms. The molecule has 2 fully saturated rings. The number of halogens is 1. The van der Waals surface area contributed by atoms with Crippen molar-refractivity contribution in [2.24, 2.45) is 0 Å². The van der Waals surface area contributed by atoms with E-state index in [9.17, 15) is 9.59 Å². The first-order valence-corrected chi connectivity index (χ1v) is 28.7. The van der Waals surface area contributed by atoms with Crippen LogP contribution in [0.4, 0.5) is 23.8 Å². The van der Waals surface area contributed by atoms with Crippen LogP contribution in [-0.4, -0.2) is 132 Å². The summed E-state index contributed by atoms with van der Waals surface area (Å²) in [5.41, 5.74) is 7.90. The minimum absolute atomic E-state index is 0.0867. The fourth-order valence-electron chi connectivity index (χ4n) is 8.83. The number of nitrogens with one attached hydrogen (secondary N) is 5. The van der Waals surface area contributed by atoms with Crippen LogP contribution in [0, 0.1) is 0 Å². The number of anilines is 4. The lowest BCUT2D eigenvalue weighted by Gasteiger charge is -2.23. The Morgan fingerprint density at radius 1 is 0.649 bits per heavy atom. The van der Waals surface area contributed by atoms with Crippen LogP contribution in [0.2, 0.25) is 0 Å². The molecule has 0 radical (unpaired) electrons. The maximum atomic E-state index is 12.5. The van der Waals surface area contributed by atoms with Crippen LogP contribution in [0.15, 0.2) is 85.2 Å². The Morgan fingerprint density at radius 2 is 1.08 bits per heavy atom. The molecule has 0 bridgehead atoms. The molecule has 0 unspecified atom stereocenters. The van der Waals surface area contributed by atoms with Gasteiger partial charge in [0.25, 0.3) is 0 Å². The van der Waals surface area contributed by atoms with E-state index in [1.54, 1.807) is 21.2 Å². The Kier molecular flexibility index (Phi) is 24.9. The van der Waals surface area contributed by atoms with Crippen molar-refractivity contribution in [2.45, 2.75) is 131 Å². The fraction of sp³-hybridized carbons (Fsp3) is 0.517. The highest BCUT2D eigenvalue weighted by Gasteiger charge is 2.21. The van der Waals surface area contributed by atoms with E-state index < -0.39 is 0 Å². The molecule has 0 aliphatic carbocycles. The van der Waals surface area contributed by atoms with Crippen LogP contribution < -0.4 is 26.6 Å². The van der Waals surface area contributed by atoms with Crippen LogP contribution in [0.5, 0.6) is 0 Å². The van der Waals surface area contributed by atoms with E-state index in [-0.39, 0.29) is 11.6 Å². The van der Waals surface area contributed by atoms with Crippen molar-refractivity contribution in [2.75, 3.05) is 85.7 Å². The molecule has 0 saturated carbocycles. The molecule has 0 atom stereocenters. The van der Waals surface area contributed by atoms with Gasteiger partial charge < -0.3 is 41.0 Å². The van der Waals surface area contributed by atoms with Crippen molar-refractivity contribution in [3.8, 4) is 0 Å². The topological polar surface area (TPSA) is 202 Å². The van der Waals surface area contributed by atoms with E-state index in [2.05, 4.69) is 131 Å². The van der Waals surface area contributed by atoms with Crippen LogP contribution in [0.25, 0.3) is 11.3 Å². The molecule has 0 spiro atoms. The predicted molar refractivity (Wildman–Crippen MR) is 314 cm³/mol. The molecule has 19 heteroatoms. The van der Waals surface area contributed by atoms with Gasteiger partial charge in [0.2, 0.25) is 23.8 Å². The molecule has 2 aliphatic rings. The van der Waals surface area contributed by atoms with Gasteiger partial charge in [-0.15, -0.1) is 0 Å². The predicted octanol–water partition coefficient (Wildman–Crippen LogP) is 9.59. The molecular weight excluding hydrogens is 1040 g/mol. The van der Waals surface area contributed by atoms with Crippen LogP contribution in [0.3, 0.4) is 0 Å². The fourth-order valence-corrected chi connectivity index (χ4v) is 9.02. The van der Waals surface area contributed by atoms with Gasteiger partial charge >= 0.3 is 0 Å². The number of allylic oxidation sites excluding steroid dienone is 3. The van der Waals surface area contributed by atoms with Gasteiger partial charge in [-0.25, -0.2) is 0 Å². The Bertz CT molecular complexity index is 2810. The van der Waals surface area contributed by atoms with Crippen molar-refractivity contribution >= 4 is 62.6 Å². The zero-order chi connectivity index (χ0) is 54.9. The van der Waals surface area contributed by atoms with Crippen molar-refractivity contribution in [1.29, 1.82) is 0 Å². The molecule has 0 amide bonds. The second-order valence-corrected chi connectivity index (χ2v) is 20.5. The highest BCUT2D eigenvalue weighted by Crippen LogP contribution is 2.26. The van der Waals surface area contributed by atoms with Gasteiger partial charge in [-0.3, -0.25) is 9.59 Å². The third kappa shape index (κ3) is 19.1. The molecule has 2 aromatic carbocycles. The lowest BCUT2D eigenvalue weighted by Crippen LogP contribution is -2.29. The first-order valence-electron chi connectivity index (χ1n) is 27.6. The number of benzene rings is 2. The molecule has 416 valence electrons. The first kappa shape index (κ1) is 60.1. The van der Waals surface area contributed by atoms with E-state index in [4.69, 9.17) is 29.4 Å². The van der Waals surface area contributed by atoms with Crippen LogP contribution in [-0.2, 0) is 45.0 Å². The molecule has 6 heterocycles. The minimum atomic E-state index is 0.0867. The van der Waals surface area contributed by atoms with Crippen molar-refractivity contribution in [3.05, 3.63) is 119 Å². The Hall–Kier alpha value is -6.12. The number of hydrogen-bond donors (Lipinski definition) is 5. The number of ketones is 2. The van der Waals surface area contributed by atoms with E-state index in [0.717, 1.165) is 130 Å². The summed E-state index contributed by atoms with van der Waals surface area (Å²) in [5, 5.41) is 26.8. The van der Waals surface area contributed by atoms with Crippen molar-refractivity contribution in [3.63, 3.8) is 0 Å². The number of aromatic nitrogens is 8. The summed E-state index contributed by atoms with van der Waals surface area (Å²) < 4.78 is 14.5. The van der Waals surface area contributed by atoms with E-state index >= 15 is 0 Å². The molecule has 18 nitrogen and oxygen atoms in total. The smallest absolute Gasteiger partial charge is 0.229 e. The molecule has 8 rings (SSSR count). The minimum Gasteiger partial charge on any atom is -0.381 e. The lowest BCUT2D eigenvalue weighted by molar-refractivity contribution is -0.114. The summed E-state index contributed by atoms with van der Waals surface area (Å²) in [6, 6.07) is 16.8. The Labute approximate surface area is 464 Å². The van der Waals surface area contributed by atoms with Crippen LogP contribution in [0.1, 0.15) is 126 Å². The number of carbonyl (C=O) groups is 2. The monoisotopic (exact) mass is 1120 g/mol. The summed E-state index contributed by atoms with van der Waals surface area (Å²) in [4.78, 5) is 46.0. The number of ether oxygens (including phenoxy) is 2. The number of nitrogens with zero attached hydrogens (tertiary/aromatic N) is 9. The summed E-state index contributed by atoms with van der Waals surface area (Å²) in [5.74, 6) is 3.26. The van der Waals surface area contributed by atoms with Gasteiger partial charge in [0.1, 0.15) is 0 Å². The molecule has 2 aliphatic heterocycles. The Balaban J connectivity index is 0.000000230. The van der Waals surface area contributed by atoms with Crippen molar-refractivity contribution < 1.29 is 19.1 Å². The highest BCUT2D eigenvalue weighted by atomic mass is 79.9. The zero-order valence-corrected chi connectivity index (χ0v) is 48.2. The van der Waals surface area contributed by atoms with Gasteiger partial charge in [-0.05, 0) is 98.1 Å². The van der Waals surface area contributed by atoms with E-state index in [0.29, 0.717) is 79.0 Å². The summed E-state index contributed by atoms with van der Waals surface area (Å²) in [6.07, 6.45) is 15.3. The van der Waals surface area contributed by atoms with Gasteiger partial charge in [0.15, 0.2) is 22.9 Å². The largest absolute Gasteiger partial charge is 0.381 e. The summed E-state index contributed by atoms with van der Waals surface area (Å²) in [6.45, 7) is 26.1. The average molecular weight is 1120 g/mol. The number of hydrogen-bond acceptors (Lipinski definition) is 16. The zero-order valence-electron chi connectivity index (χ0n) is 46.7. The van der Waals surface area contributed by atoms with E-state index in [1.165, 1.54) is 0 Å². The number of carbonyl (C=O) groups excluding carboxylic acids is 2. The second kappa shape index (κ2) is 31.9. The summed E-state index contributed by atoms with van der Waals surface area (Å²) in [7, 11) is 0. The average Bonchev–Trinajstić information content (AvgIpc) is 4.09. The summed E-state index contributed by atoms with van der Waals surface area (Å²) >= 11 is 3.30. The standard InChI is InChI=1S/C29H41N7O2.C25H31BrN6O2.C4H11N/c1-5-35(6-2)14-8-11-25(37)18-22-9-7-10-23(17-22)19-30-29-34-28(32-24-12-15-38-16-13-24)33-27-26(21(3)4)20-31-36(27)29;1-17(2)22-16-28-32-23(22)30-24(29-20-8-11-34-12-9-20)31-25(32)27-15-19-6-3-5-18(13-19)14-21(33)7-4-10-26;1-3-5-4-2/h7-11,17,20-21,24H,5-6,12-16,18-19H2,1-4H3,(H2,30,32,33,34);3-7,13,16-17,20H,8-12,14-15H2,1-2H3,(H2,27,29,30,31);5H,3-4H2,1-2H3/b11-8+;7-4+;. The third-order valence-electron chi connectivity index (χ3n) is 13.2. The van der Waals surface area contributed by atoms with Crippen LogP contribution >= 0.6 is 15.9 Å². The van der Waals surface area contributed by atoms with Crippen molar-refractivity contribution in [1.82, 2.24) is 49.4 Å². The molecule has 6 aromatic rings. The third-order valence-corrected chi connectivity index (χ3v) is 13.6. The molecule has 5 N–H and O–H groups in total. The highest BCUT2D eigenvalue weighted by molar-refractivity contribution is 9.09. The number of fused-ring (bicyclic) bond motifs is 2. The number of alkyl halides is 1. The molecule has 4 aromatic heterocycles. The van der Waals surface area contributed by atoms with Gasteiger partial charge in [-0.1, -0.05) is 132 Å². The normalized spacial score (nSPS) is 14.3. The van der Waals surface area contributed by atoms with Gasteiger partial charge in [-0.2, -0.15) is 39.2 Å². The number of likely N-dealkylation sites (N-methyl/N-ethyl adjacent to an activating group) is 1. The van der Waals surface area contributed by atoms with Gasteiger partial charge in [0.05, 0.1) is 12.4 Å². The maximum absolute atomic E-state index is 12.5. The first-order chi connectivity index (χ1) is 37.4. The number of rotatable bonds is 25. The SMILES string of the molecule is CC(C)c1cnn2c(NCc3cccc(CC(=O)/C=C/CBr)c3)nc(NC3CCOCC3)nc12.CCN(CC)C/C=C/C(=O)Cc1cccc(CNc2nc(NC3CCOCC3)nc3c(C(C)C)cnn23)c1.CCNCC. The molecule has 2 saturated heterocycles. The van der Waals surface area contributed by atoms with E-state index in [1.807, 2.05) is 54.9 Å². The Morgan fingerprint density at radius 3 is 1.47 bits per heavy atom. The lowest BCUT2D eigenvalue weighted by atomic mass is 10.1.